The van der Waals surface area contributed by atoms with Gasteiger partial charge >= 0.3 is 5.97 Å². The molecule has 0 unspecified atom stereocenters. The Hall–Kier alpha value is -2.08. The fourth-order valence-electron chi connectivity index (χ4n) is 1.33. The molecule has 0 aliphatic rings. The quantitative estimate of drug-likeness (QED) is 0.891. The fraction of sp³-hybridized carbons (Fsp3) is 0. The number of hydrogen-bond acceptors (Lipinski definition) is 4. The highest BCUT2D eigenvalue weighted by Gasteiger charge is 2.11. The molecule has 0 saturated carbocycles. The molecule has 1 aromatic carbocycles. The SMILES string of the molecule is Nc1cnc(Sc2ccccc2F)cc1C(=O)O. The smallest absolute Gasteiger partial charge is 0.337 e. The predicted molar refractivity (Wildman–Crippen MR) is 66.1 cm³/mol. The second-order valence-corrected chi connectivity index (χ2v) is 4.51. The molecule has 1 aromatic heterocycles. The number of nitrogen functional groups attached to an aromatic ring is 1. The van der Waals surface area contributed by atoms with Crippen molar-refractivity contribution in [2.24, 2.45) is 0 Å². The molecule has 92 valence electrons. The number of carboxylic acids is 1. The van der Waals surface area contributed by atoms with Gasteiger partial charge in [0.05, 0.1) is 17.4 Å². The molecule has 3 N–H and O–H groups in total. The first-order valence-corrected chi connectivity index (χ1v) is 5.81. The highest BCUT2D eigenvalue weighted by molar-refractivity contribution is 7.99. The zero-order valence-corrected chi connectivity index (χ0v) is 9.95. The summed E-state index contributed by atoms with van der Waals surface area (Å²) in [5.41, 5.74) is 5.53. The number of rotatable bonds is 3. The lowest BCUT2D eigenvalue weighted by atomic mass is 10.2. The third-order valence-corrected chi connectivity index (χ3v) is 3.17. The van der Waals surface area contributed by atoms with Crippen molar-refractivity contribution in [1.82, 2.24) is 4.98 Å². The average Bonchev–Trinajstić information content (AvgIpc) is 2.34. The summed E-state index contributed by atoms with van der Waals surface area (Å²) in [5, 5.41) is 9.30. The van der Waals surface area contributed by atoms with Gasteiger partial charge < -0.3 is 10.8 Å². The molecule has 2 aromatic rings. The van der Waals surface area contributed by atoms with Crippen LogP contribution in [0.1, 0.15) is 10.4 Å². The Kier molecular flexibility index (Phi) is 3.47. The maximum absolute atomic E-state index is 13.4. The summed E-state index contributed by atoms with van der Waals surface area (Å²) in [4.78, 5) is 15.2. The van der Waals surface area contributed by atoms with Gasteiger partial charge in [-0.15, -0.1) is 0 Å². The molecular weight excluding hydrogens is 255 g/mol. The molecule has 6 heteroatoms. The van der Waals surface area contributed by atoms with Crippen molar-refractivity contribution < 1.29 is 14.3 Å². The number of benzene rings is 1. The molecule has 0 fully saturated rings. The third-order valence-electron chi connectivity index (χ3n) is 2.19. The van der Waals surface area contributed by atoms with E-state index in [1.807, 2.05) is 0 Å². The van der Waals surface area contributed by atoms with Gasteiger partial charge in [-0.25, -0.2) is 14.2 Å². The van der Waals surface area contributed by atoms with E-state index in [1.165, 1.54) is 18.3 Å². The molecule has 0 amide bonds. The van der Waals surface area contributed by atoms with E-state index in [-0.39, 0.29) is 17.1 Å². The van der Waals surface area contributed by atoms with E-state index in [0.717, 1.165) is 11.8 Å². The van der Waals surface area contributed by atoms with Crippen molar-refractivity contribution in [3.63, 3.8) is 0 Å². The highest BCUT2D eigenvalue weighted by Crippen LogP contribution is 2.29. The predicted octanol–water partition coefficient (Wildman–Crippen LogP) is 2.65. The first kappa shape index (κ1) is 12.4. The van der Waals surface area contributed by atoms with E-state index in [4.69, 9.17) is 10.8 Å². The number of pyridine rings is 1. The molecular formula is C12H9FN2O2S. The van der Waals surface area contributed by atoms with Crippen LogP contribution >= 0.6 is 11.8 Å². The van der Waals surface area contributed by atoms with E-state index in [0.29, 0.717) is 9.92 Å². The number of nitrogens with zero attached hydrogens (tertiary/aromatic N) is 1. The molecule has 4 nitrogen and oxygen atoms in total. The van der Waals surface area contributed by atoms with Crippen LogP contribution in [0.3, 0.4) is 0 Å². The minimum atomic E-state index is -1.13. The summed E-state index contributed by atoms with van der Waals surface area (Å²) in [7, 11) is 0. The molecule has 0 bridgehead atoms. The summed E-state index contributed by atoms with van der Waals surface area (Å²) < 4.78 is 13.4. The topological polar surface area (TPSA) is 76.2 Å². The summed E-state index contributed by atoms with van der Waals surface area (Å²) >= 11 is 1.05. The van der Waals surface area contributed by atoms with Crippen LogP contribution in [0.25, 0.3) is 0 Å². The van der Waals surface area contributed by atoms with E-state index >= 15 is 0 Å². The van der Waals surface area contributed by atoms with E-state index in [2.05, 4.69) is 4.98 Å². The number of anilines is 1. The number of aromatic nitrogens is 1. The van der Waals surface area contributed by atoms with Crippen molar-refractivity contribution in [2.45, 2.75) is 9.92 Å². The summed E-state index contributed by atoms with van der Waals surface area (Å²) in [6.07, 6.45) is 1.26. The normalized spacial score (nSPS) is 10.3. The molecule has 0 aliphatic carbocycles. The number of halogens is 1. The van der Waals surface area contributed by atoms with Crippen molar-refractivity contribution in [2.75, 3.05) is 5.73 Å². The molecule has 0 atom stereocenters. The van der Waals surface area contributed by atoms with Gasteiger partial charge in [0.25, 0.3) is 0 Å². The summed E-state index contributed by atoms with van der Waals surface area (Å²) in [6, 6.07) is 7.53. The zero-order chi connectivity index (χ0) is 13.1. The fourth-order valence-corrected chi connectivity index (χ4v) is 2.15. The van der Waals surface area contributed by atoms with Crippen molar-refractivity contribution >= 4 is 23.4 Å². The average molecular weight is 264 g/mol. The van der Waals surface area contributed by atoms with Gasteiger partial charge in [0.1, 0.15) is 10.8 Å². The molecule has 1 heterocycles. The van der Waals surface area contributed by atoms with Crippen LogP contribution in [0.15, 0.2) is 46.5 Å². The number of nitrogens with two attached hydrogens (primary N) is 1. The van der Waals surface area contributed by atoms with Crippen LogP contribution in [-0.4, -0.2) is 16.1 Å². The van der Waals surface area contributed by atoms with Gasteiger partial charge in [-0.05, 0) is 18.2 Å². The molecule has 18 heavy (non-hydrogen) atoms. The molecule has 2 rings (SSSR count). The Bertz CT molecular complexity index is 604. The molecule has 0 radical (unpaired) electrons. The lowest BCUT2D eigenvalue weighted by Crippen LogP contribution is -2.03. The van der Waals surface area contributed by atoms with Crippen molar-refractivity contribution in [3.8, 4) is 0 Å². The number of hydrogen-bond donors (Lipinski definition) is 2. The number of carboxylic acid groups (broad SMARTS) is 1. The van der Waals surface area contributed by atoms with Crippen LogP contribution in [0, 0.1) is 5.82 Å². The summed E-state index contributed by atoms with van der Waals surface area (Å²) in [5.74, 6) is -1.51. The largest absolute Gasteiger partial charge is 0.478 e. The molecule has 0 spiro atoms. The third kappa shape index (κ3) is 2.60. The number of aromatic carboxylic acids is 1. The highest BCUT2D eigenvalue weighted by atomic mass is 32.2. The Morgan fingerprint density at radius 2 is 2.11 bits per heavy atom. The lowest BCUT2D eigenvalue weighted by Gasteiger charge is -2.05. The summed E-state index contributed by atoms with van der Waals surface area (Å²) in [6.45, 7) is 0. The number of carbonyl (C=O) groups is 1. The zero-order valence-electron chi connectivity index (χ0n) is 9.13. The van der Waals surface area contributed by atoms with Crippen molar-refractivity contribution in [3.05, 3.63) is 47.9 Å². The Labute approximate surface area is 107 Å². The van der Waals surface area contributed by atoms with Crippen LogP contribution in [0.5, 0.6) is 0 Å². The van der Waals surface area contributed by atoms with Gasteiger partial charge in [-0.2, -0.15) is 0 Å². The maximum Gasteiger partial charge on any atom is 0.337 e. The Morgan fingerprint density at radius 1 is 1.39 bits per heavy atom. The minimum absolute atomic E-state index is 0.0381. The minimum Gasteiger partial charge on any atom is -0.478 e. The van der Waals surface area contributed by atoms with Crippen LogP contribution in [-0.2, 0) is 0 Å². The monoisotopic (exact) mass is 264 g/mol. The van der Waals surface area contributed by atoms with Crippen LogP contribution in [0.4, 0.5) is 10.1 Å². The first-order chi connectivity index (χ1) is 8.58. The molecule has 0 saturated heterocycles. The van der Waals surface area contributed by atoms with Crippen LogP contribution < -0.4 is 5.73 Å². The van der Waals surface area contributed by atoms with E-state index < -0.39 is 5.97 Å². The van der Waals surface area contributed by atoms with Gasteiger partial charge in [0.15, 0.2) is 0 Å². The van der Waals surface area contributed by atoms with Crippen molar-refractivity contribution in [1.29, 1.82) is 0 Å². The second-order valence-electron chi connectivity index (χ2n) is 3.45. The Balaban J connectivity index is 2.33. The molecule has 0 aliphatic heterocycles. The second kappa shape index (κ2) is 5.05. The first-order valence-electron chi connectivity index (χ1n) is 4.99. The van der Waals surface area contributed by atoms with Gasteiger partial charge in [-0.3, -0.25) is 0 Å². The van der Waals surface area contributed by atoms with Crippen LogP contribution in [0.2, 0.25) is 0 Å². The van der Waals surface area contributed by atoms with Gasteiger partial charge in [0.2, 0.25) is 0 Å². The van der Waals surface area contributed by atoms with E-state index in [1.54, 1.807) is 18.2 Å². The van der Waals surface area contributed by atoms with Gasteiger partial charge in [-0.1, -0.05) is 23.9 Å². The lowest BCUT2D eigenvalue weighted by molar-refractivity contribution is 0.0697. The Morgan fingerprint density at radius 3 is 2.78 bits per heavy atom. The van der Waals surface area contributed by atoms with Gasteiger partial charge in [0, 0.05) is 4.90 Å². The standard InChI is InChI=1S/C12H9FN2O2S/c13-8-3-1-2-4-10(8)18-11-5-7(12(16)17)9(14)6-15-11/h1-6H,14H2,(H,16,17). The van der Waals surface area contributed by atoms with E-state index in [9.17, 15) is 9.18 Å². The maximum atomic E-state index is 13.4.